The average Bonchev–Trinajstić information content (AvgIpc) is 2.29. The highest BCUT2D eigenvalue weighted by Gasteiger charge is 2.19. The van der Waals surface area contributed by atoms with Crippen molar-refractivity contribution in [1.82, 2.24) is 10.4 Å². The monoisotopic (exact) mass is 289 g/mol. The summed E-state index contributed by atoms with van der Waals surface area (Å²) < 4.78 is 11.3. The second-order valence-corrected chi connectivity index (χ2v) is 4.24. The molecule has 5 nitrogen and oxygen atoms in total. The Labute approximate surface area is 103 Å². The SMILES string of the molecule is COC(OC)C(Cc1cncc(Br)c1)NN. The lowest BCUT2D eigenvalue weighted by Crippen LogP contribution is -2.47. The van der Waals surface area contributed by atoms with Gasteiger partial charge in [0.2, 0.25) is 0 Å². The van der Waals surface area contributed by atoms with Crippen molar-refractivity contribution in [2.75, 3.05) is 14.2 Å². The number of hydrogen-bond acceptors (Lipinski definition) is 5. The molecule has 90 valence electrons. The quantitative estimate of drug-likeness (QED) is 0.461. The maximum atomic E-state index is 5.47. The third kappa shape index (κ3) is 3.80. The van der Waals surface area contributed by atoms with Crippen LogP contribution in [-0.4, -0.2) is 31.5 Å². The molecule has 0 fully saturated rings. The van der Waals surface area contributed by atoms with Crippen LogP contribution in [0.25, 0.3) is 0 Å². The van der Waals surface area contributed by atoms with Crippen molar-refractivity contribution in [1.29, 1.82) is 0 Å². The zero-order valence-electron chi connectivity index (χ0n) is 9.31. The minimum absolute atomic E-state index is 0.119. The van der Waals surface area contributed by atoms with Crippen molar-refractivity contribution in [3.63, 3.8) is 0 Å². The summed E-state index contributed by atoms with van der Waals surface area (Å²) in [5.41, 5.74) is 3.73. The number of hydrazine groups is 1. The lowest BCUT2D eigenvalue weighted by atomic mass is 10.1. The molecule has 0 amide bonds. The number of nitrogens with two attached hydrogens (primary N) is 1. The molecule has 0 radical (unpaired) electrons. The van der Waals surface area contributed by atoms with Gasteiger partial charge in [0.1, 0.15) is 0 Å². The number of halogens is 1. The van der Waals surface area contributed by atoms with E-state index in [-0.39, 0.29) is 12.3 Å². The van der Waals surface area contributed by atoms with E-state index in [4.69, 9.17) is 15.3 Å². The molecule has 1 rings (SSSR count). The van der Waals surface area contributed by atoms with Crippen molar-refractivity contribution >= 4 is 15.9 Å². The lowest BCUT2D eigenvalue weighted by molar-refractivity contribution is -0.122. The third-order valence-corrected chi connectivity index (χ3v) is 2.66. The van der Waals surface area contributed by atoms with Crippen LogP contribution in [-0.2, 0) is 15.9 Å². The number of methoxy groups -OCH3 is 2. The number of nitrogens with zero attached hydrogens (tertiary/aromatic N) is 1. The standard InChI is InChI=1S/C10H16BrN3O2/c1-15-10(16-2)9(14-12)4-7-3-8(11)6-13-5-7/h3,5-6,9-10,14H,4,12H2,1-2H3. The number of pyridine rings is 1. The summed E-state index contributed by atoms with van der Waals surface area (Å²) in [5, 5.41) is 0. The maximum Gasteiger partial charge on any atom is 0.173 e. The Morgan fingerprint density at radius 2 is 2.12 bits per heavy atom. The zero-order chi connectivity index (χ0) is 12.0. The van der Waals surface area contributed by atoms with Gasteiger partial charge >= 0.3 is 0 Å². The molecule has 3 N–H and O–H groups in total. The van der Waals surface area contributed by atoms with E-state index in [1.165, 1.54) is 0 Å². The molecule has 1 atom stereocenters. The molecule has 0 spiro atoms. The Balaban J connectivity index is 2.69. The van der Waals surface area contributed by atoms with Crippen LogP contribution in [0.1, 0.15) is 5.56 Å². The summed E-state index contributed by atoms with van der Waals surface area (Å²) in [6, 6.07) is 1.87. The minimum Gasteiger partial charge on any atom is -0.354 e. The predicted molar refractivity (Wildman–Crippen MR) is 64.6 cm³/mol. The van der Waals surface area contributed by atoms with Crippen LogP contribution >= 0.6 is 15.9 Å². The first-order chi connectivity index (χ1) is 7.71. The van der Waals surface area contributed by atoms with Gasteiger partial charge in [0, 0.05) is 31.1 Å². The summed E-state index contributed by atoms with van der Waals surface area (Å²) in [6.07, 6.45) is 3.81. The Morgan fingerprint density at radius 3 is 2.62 bits per heavy atom. The molecule has 1 aromatic heterocycles. The Hall–Kier alpha value is -0.530. The second kappa shape index (κ2) is 6.93. The van der Waals surface area contributed by atoms with Crippen molar-refractivity contribution in [3.05, 3.63) is 28.5 Å². The molecule has 1 heterocycles. The van der Waals surface area contributed by atoms with Gasteiger partial charge in [-0.05, 0) is 34.0 Å². The molecule has 16 heavy (non-hydrogen) atoms. The smallest absolute Gasteiger partial charge is 0.173 e. The van der Waals surface area contributed by atoms with Gasteiger partial charge in [-0.3, -0.25) is 16.3 Å². The number of nitrogens with one attached hydrogen (secondary N) is 1. The molecule has 1 aromatic rings. The predicted octanol–water partition coefficient (Wildman–Crippen LogP) is 0.837. The number of hydrogen-bond donors (Lipinski definition) is 2. The van der Waals surface area contributed by atoms with E-state index in [1.807, 2.05) is 6.07 Å². The van der Waals surface area contributed by atoms with Crippen molar-refractivity contribution < 1.29 is 9.47 Å². The van der Waals surface area contributed by atoms with Gasteiger partial charge in [0.15, 0.2) is 6.29 Å². The molecule has 0 saturated carbocycles. The Bertz CT molecular complexity index is 321. The molecule has 0 aromatic carbocycles. The highest BCUT2D eigenvalue weighted by molar-refractivity contribution is 9.10. The third-order valence-electron chi connectivity index (χ3n) is 2.22. The average molecular weight is 290 g/mol. The van der Waals surface area contributed by atoms with Gasteiger partial charge in [-0.25, -0.2) is 0 Å². The number of aromatic nitrogens is 1. The fourth-order valence-corrected chi connectivity index (χ4v) is 1.89. The molecule has 0 aliphatic rings. The lowest BCUT2D eigenvalue weighted by Gasteiger charge is -2.23. The van der Waals surface area contributed by atoms with Gasteiger partial charge in [0.25, 0.3) is 0 Å². The van der Waals surface area contributed by atoms with E-state index < -0.39 is 0 Å². The number of ether oxygens (including phenoxy) is 2. The van der Waals surface area contributed by atoms with E-state index in [1.54, 1.807) is 26.6 Å². The van der Waals surface area contributed by atoms with E-state index >= 15 is 0 Å². The molecule has 0 aliphatic carbocycles. The van der Waals surface area contributed by atoms with Crippen LogP contribution in [0.4, 0.5) is 0 Å². The zero-order valence-corrected chi connectivity index (χ0v) is 10.9. The van der Waals surface area contributed by atoms with Crippen LogP contribution in [0.5, 0.6) is 0 Å². The van der Waals surface area contributed by atoms with Crippen molar-refractivity contribution in [2.24, 2.45) is 5.84 Å². The van der Waals surface area contributed by atoms with Crippen LogP contribution in [0.3, 0.4) is 0 Å². The Kier molecular flexibility index (Phi) is 5.86. The summed E-state index contributed by atoms with van der Waals surface area (Å²) in [4.78, 5) is 4.09. The Morgan fingerprint density at radius 1 is 1.44 bits per heavy atom. The van der Waals surface area contributed by atoms with Crippen LogP contribution in [0.2, 0.25) is 0 Å². The molecule has 6 heteroatoms. The van der Waals surface area contributed by atoms with E-state index in [0.29, 0.717) is 6.42 Å². The van der Waals surface area contributed by atoms with Crippen LogP contribution in [0, 0.1) is 0 Å². The molecule has 1 unspecified atom stereocenters. The molecular weight excluding hydrogens is 274 g/mol. The van der Waals surface area contributed by atoms with Gasteiger partial charge < -0.3 is 9.47 Å². The fraction of sp³-hybridized carbons (Fsp3) is 0.500. The van der Waals surface area contributed by atoms with E-state index in [2.05, 4.69) is 26.3 Å². The first-order valence-electron chi connectivity index (χ1n) is 4.82. The summed E-state index contributed by atoms with van der Waals surface area (Å²) >= 11 is 3.37. The summed E-state index contributed by atoms with van der Waals surface area (Å²) in [5.74, 6) is 5.47. The molecule has 0 bridgehead atoms. The fourth-order valence-electron chi connectivity index (χ4n) is 1.48. The van der Waals surface area contributed by atoms with Gasteiger partial charge in [-0.2, -0.15) is 0 Å². The van der Waals surface area contributed by atoms with E-state index in [0.717, 1.165) is 10.0 Å². The minimum atomic E-state index is -0.385. The molecule has 0 saturated heterocycles. The van der Waals surface area contributed by atoms with Gasteiger partial charge in [0.05, 0.1) is 6.04 Å². The number of rotatable bonds is 6. The first kappa shape index (κ1) is 13.5. The second-order valence-electron chi connectivity index (χ2n) is 3.33. The summed E-state index contributed by atoms with van der Waals surface area (Å²) in [7, 11) is 3.16. The normalized spacial score (nSPS) is 13.1. The topological polar surface area (TPSA) is 69.4 Å². The highest BCUT2D eigenvalue weighted by Crippen LogP contribution is 2.13. The van der Waals surface area contributed by atoms with Gasteiger partial charge in [-0.1, -0.05) is 0 Å². The molecular formula is C10H16BrN3O2. The first-order valence-corrected chi connectivity index (χ1v) is 5.61. The molecule has 0 aliphatic heterocycles. The highest BCUT2D eigenvalue weighted by atomic mass is 79.9. The van der Waals surface area contributed by atoms with Crippen molar-refractivity contribution in [2.45, 2.75) is 18.8 Å². The van der Waals surface area contributed by atoms with Crippen LogP contribution in [0.15, 0.2) is 22.9 Å². The maximum absolute atomic E-state index is 5.47. The van der Waals surface area contributed by atoms with Crippen LogP contribution < -0.4 is 11.3 Å². The van der Waals surface area contributed by atoms with E-state index in [9.17, 15) is 0 Å². The summed E-state index contributed by atoms with van der Waals surface area (Å²) in [6.45, 7) is 0. The largest absolute Gasteiger partial charge is 0.354 e. The van der Waals surface area contributed by atoms with Crippen molar-refractivity contribution in [3.8, 4) is 0 Å². The van der Waals surface area contributed by atoms with Gasteiger partial charge in [-0.15, -0.1) is 0 Å².